The van der Waals surface area contributed by atoms with Crippen LogP contribution >= 0.6 is 0 Å². The molecular formula is C19H25NO4. The zero-order valence-electron chi connectivity index (χ0n) is 14.4. The molecular weight excluding hydrogens is 306 g/mol. The summed E-state index contributed by atoms with van der Waals surface area (Å²) in [4.78, 5) is 34.9. The summed E-state index contributed by atoms with van der Waals surface area (Å²) in [6.07, 6.45) is 3.88. The van der Waals surface area contributed by atoms with Crippen LogP contribution in [-0.2, 0) is 22.4 Å². The van der Waals surface area contributed by atoms with Crippen LogP contribution in [0.5, 0.6) is 0 Å². The standard InChI is InChI=1S/C19H25NO4/c1-19(2,11-10-18(23)24)20-17(22)9-8-16(21)15-7-6-13-4-3-5-14(13)12-15/h6-7,12H,3-5,8-11H2,1-2H3,(H,20,22)(H,23,24). The van der Waals surface area contributed by atoms with Crippen LogP contribution in [0.4, 0.5) is 0 Å². The largest absolute Gasteiger partial charge is 0.481 e. The molecule has 5 heteroatoms. The monoisotopic (exact) mass is 331 g/mol. The van der Waals surface area contributed by atoms with Crippen molar-refractivity contribution in [2.24, 2.45) is 0 Å². The van der Waals surface area contributed by atoms with Crippen LogP contribution in [0.15, 0.2) is 18.2 Å². The maximum Gasteiger partial charge on any atom is 0.303 e. The molecule has 0 atom stereocenters. The number of benzene rings is 1. The molecule has 5 nitrogen and oxygen atoms in total. The molecule has 1 aliphatic rings. The maximum atomic E-state index is 12.3. The third-order valence-corrected chi connectivity index (χ3v) is 4.44. The van der Waals surface area contributed by atoms with Gasteiger partial charge in [-0.25, -0.2) is 0 Å². The second kappa shape index (κ2) is 7.60. The topological polar surface area (TPSA) is 83.5 Å². The number of aliphatic carboxylic acids is 1. The molecule has 0 spiro atoms. The highest BCUT2D eigenvalue weighted by Gasteiger charge is 2.22. The van der Waals surface area contributed by atoms with Gasteiger partial charge in [0.05, 0.1) is 0 Å². The van der Waals surface area contributed by atoms with Gasteiger partial charge in [-0.3, -0.25) is 14.4 Å². The van der Waals surface area contributed by atoms with Crippen molar-refractivity contribution >= 4 is 17.7 Å². The summed E-state index contributed by atoms with van der Waals surface area (Å²) in [6, 6.07) is 5.82. The summed E-state index contributed by atoms with van der Waals surface area (Å²) in [5, 5.41) is 11.5. The Morgan fingerprint density at radius 2 is 1.79 bits per heavy atom. The fourth-order valence-electron chi connectivity index (χ4n) is 3.04. The summed E-state index contributed by atoms with van der Waals surface area (Å²) >= 11 is 0. The minimum atomic E-state index is -0.885. The van der Waals surface area contributed by atoms with Gasteiger partial charge in [0.15, 0.2) is 5.78 Å². The van der Waals surface area contributed by atoms with Crippen molar-refractivity contribution in [3.05, 3.63) is 34.9 Å². The van der Waals surface area contributed by atoms with E-state index in [-0.39, 0.29) is 31.0 Å². The Labute approximate surface area is 142 Å². The first-order chi connectivity index (χ1) is 11.3. The summed E-state index contributed by atoms with van der Waals surface area (Å²) < 4.78 is 0. The van der Waals surface area contributed by atoms with Crippen molar-refractivity contribution in [2.45, 2.75) is 64.3 Å². The van der Waals surface area contributed by atoms with Gasteiger partial charge in [0, 0.05) is 30.4 Å². The molecule has 2 N–H and O–H groups in total. The van der Waals surface area contributed by atoms with E-state index in [1.54, 1.807) is 13.8 Å². The molecule has 0 saturated heterocycles. The highest BCUT2D eigenvalue weighted by Crippen LogP contribution is 2.23. The summed E-state index contributed by atoms with van der Waals surface area (Å²) in [7, 11) is 0. The van der Waals surface area contributed by atoms with Crippen molar-refractivity contribution < 1.29 is 19.5 Å². The predicted octanol–water partition coefficient (Wildman–Crippen LogP) is 2.90. The second-order valence-corrected chi connectivity index (χ2v) is 7.09. The van der Waals surface area contributed by atoms with Gasteiger partial charge < -0.3 is 10.4 Å². The molecule has 1 aromatic carbocycles. The summed E-state index contributed by atoms with van der Waals surface area (Å²) in [5.41, 5.74) is 2.66. The highest BCUT2D eigenvalue weighted by molar-refractivity contribution is 5.98. The average Bonchev–Trinajstić information content (AvgIpc) is 2.98. The molecule has 0 aromatic heterocycles. The first-order valence-electron chi connectivity index (χ1n) is 8.45. The van der Waals surface area contributed by atoms with E-state index in [2.05, 4.69) is 5.32 Å². The number of rotatable bonds is 8. The van der Waals surface area contributed by atoms with E-state index in [1.165, 1.54) is 11.1 Å². The number of carbonyl (C=O) groups is 3. The van der Waals surface area contributed by atoms with Crippen LogP contribution in [0.2, 0.25) is 0 Å². The smallest absolute Gasteiger partial charge is 0.303 e. The van der Waals surface area contributed by atoms with E-state index >= 15 is 0 Å². The molecule has 0 saturated carbocycles. The van der Waals surface area contributed by atoms with E-state index < -0.39 is 11.5 Å². The molecule has 0 fully saturated rings. The summed E-state index contributed by atoms with van der Waals surface area (Å²) in [5.74, 6) is -1.13. The van der Waals surface area contributed by atoms with Crippen LogP contribution in [-0.4, -0.2) is 28.3 Å². The summed E-state index contributed by atoms with van der Waals surface area (Å²) in [6.45, 7) is 3.58. The van der Waals surface area contributed by atoms with Gasteiger partial charge in [-0.15, -0.1) is 0 Å². The third-order valence-electron chi connectivity index (χ3n) is 4.44. The lowest BCUT2D eigenvalue weighted by Gasteiger charge is -2.25. The Hall–Kier alpha value is -2.17. The Morgan fingerprint density at radius 3 is 2.50 bits per heavy atom. The lowest BCUT2D eigenvalue weighted by molar-refractivity contribution is -0.137. The molecule has 1 aromatic rings. The Morgan fingerprint density at radius 1 is 1.08 bits per heavy atom. The highest BCUT2D eigenvalue weighted by atomic mass is 16.4. The lowest BCUT2D eigenvalue weighted by Crippen LogP contribution is -2.43. The third kappa shape index (κ3) is 5.18. The van der Waals surface area contributed by atoms with E-state index in [1.807, 2.05) is 18.2 Å². The minimum absolute atomic E-state index is 0.00133. The minimum Gasteiger partial charge on any atom is -0.481 e. The van der Waals surface area contributed by atoms with Crippen molar-refractivity contribution in [3.8, 4) is 0 Å². The number of aryl methyl sites for hydroxylation is 2. The van der Waals surface area contributed by atoms with Gasteiger partial charge in [0.2, 0.25) is 5.91 Å². The molecule has 1 amide bonds. The average molecular weight is 331 g/mol. The second-order valence-electron chi connectivity index (χ2n) is 7.09. The first-order valence-corrected chi connectivity index (χ1v) is 8.45. The quantitative estimate of drug-likeness (QED) is 0.718. The fourth-order valence-corrected chi connectivity index (χ4v) is 3.04. The van der Waals surface area contributed by atoms with Crippen molar-refractivity contribution in [1.29, 1.82) is 0 Å². The fraction of sp³-hybridized carbons (Fsp3) is 0.526. The van der Waals surface area contributed by atoms with Crippen LogP contribution < -0.4 is 5.32 Å². The normalized spacial score (nSPS) is 13.4. The molecule has 0 unspecified atom stereocenters. The Bertz CT molecular complexity index is 649. The molecule has 24 heavy (non-hydrogen) atoms. The van der Waals surface area contributed by atoms with Crippen molar-refractivity contribution in [2.75, 3.05) is 0 Å². The number of carbonyl (C=O) groups excluding carboxylic acids is 2. The van der Waals surface area contributed by atoms with Crippen molar-refractivity contribution in [1.82, 2.24) is 5.32 Å². The predicted molar refractivity (Wildman–Crippen MR) is 91.1 cm³/mol. The number of carboxylic acid groups (broad SMARTS) is 1. The molecule has 0 bridgehead atoms. The van der Waals surface area contributed by atoms with Gasteiger partial charge in [0.1, 0.15) is 0 Å². The molecule has 0 heterocycles. The Balaban J connectivity index is 1.83. The zero-order chi connectivity index (χ0) is 17.7. The number of Topliss-reactive ketones (excluding diaryl/α,β-unsaturated/α-hetero) is 1. The lowest BCUT2D eigenvalue weighted by atomic mass is 9.97. The zero-order valence-corrected chi connectivity index (χ0v) is 14.4. The first kappa shape index (κ1) is 18.2. The van der Waals surface area contributed by atoms with E-state index in [0.717, 1.165) is 19.3 Å². The number of fused-ring (bicyclic) bond motifs is 1. The van der Waals surface area contributed by atoms with Gasteiger partial charge >= 0.3 is 5.97 Å². The van der Waals surface area contributed by atoms with E-state index in [9.17, 15) is 14.4 Å². The molecule has 1 aliphatic carbocycles. The number of nitrogens with one attached hydrogen (secondary N) is 1. The van der Waals surface area contributed by atoms with Crippen LogP contribution in [0.3, 0.4) is 0 Å². The number of carboxylic acids is 1. The number of amides is 1. The SMILES string of the molecule is CC(C)(CCC(=O)O)NC(=O)CCC(=O)c1ccc2c(c1)CCC2. The molecule has 0 aliphatic heterocycles. The molecule has 0 radical (unpaired) electrons. The maximum absolute atomic E-state index is 12.3. The van der Waals surface area contributed by atoms with E-state index in [0.29, 0.717) is 12.0 Å². The van der Waals surface area contributed by atoms with Crippen LogP contribution in [0.25, 0.3) is 0 Å². The van der Waals surface area contributed by atoms with Crippen LogP contribution in [0.1, 0.15) is 67.4 Å². The molecule has 2 rings (SSSR count). The van der Waals surface area contributed by atoms with Crippen molar-refractivity contribution in [3.63, 3.8) is 0 Å². The van der Waals surface area contributed by atoms with E-state index in [4.69, 9.17) is 5.11 Å². The number of ketones is 1. The number of hydrogen-bond acceptors (Lipinski definition) is 3. The number of hydrogen-bond donors (Lipinski definition) is 2. The van der Waals surface area contributed by atoms with Crippen LogP contribution in [0, 0.1) is 0 Å². The Kier molecular flexibility index (Phi) is 5.75. The molecule has 130 valence electrons. The van der Waals surface area contributed by atoms with Gasteiger partial charge in [-0.05, 0) is 56.7 Å². The van der Waals surface area contributed by atoms with Gasteiger partial charge in [0.25, 0.3) is 0 Å². The van der Waals surface area contributed by atoms with Gasteiger partial charge in [-0.1, -0.05) is 12.1 Å². The van der Waals surface area contributed by atoms with Gasteiger partial charge in [-0.2, -0.15) is 0 Å².